The van der Waals surface area contributed by atoms with E-state index >= 15 is 0 Å². The summed E-state index contributed by atoms with van der Waals surface area (Å²) in [6.07, 6.45) is 8.94. The quantitative estimate of drug-likeness (QED) is 0.596. The van der Waals surface area contributed by atoms with Crippen molar-refractivity contribution in [1.29, 1.82) is 0 Å². The van der Waals surface area contributed by atoms with Gasteiger partial charge in [0.2, 0.25) is 0 Å². The van der Waals surface area contributed by atoms with Gasteiger partial charge >= 0.3 is 6.01 Å². The van der Waals surface area contributed by atoms with E-state index in [1.165, 1.54) is 25.6 Å². The number of hydrogen-bond acceptors (Lipinski definition) is 5. The molecule has 1 aromatic carbocycles. The van der Waals surface area contributed by atoms with Gasteiger partial charge in [-0.3, -0.25) is 9.78 Å². The van der Waals surface area contributed by atoms with Gasteiger partial charge in [-0.2, -0.15) is 0 Å². The molecule has 2 heterocycles. The van der Waals surface area contributed by atoms with Crippen LogP contribution in [0.3, 0.4) is 0 Å². The molecule has 3 aromatic rings. The van der Waals surface area contributed by atoms with Crippen molar-refractivity contribution < 1.29 is 18.3 Å². The Bertz CT molecular complexity index is 1100. The summed E-state index contributed by atoms with van der Waals surface area (Å²) in [6.45, 7) is 2.06. The fraction of sp³-hybridized carbons (Fsp3) is 0.417. The van der Waals surface area contributed by atoms with Crippen molar-refractivity contribution in [2.24, 2.45) is 5.92 Å². The van der Waals surface area contributed by atoms with Gasteiger partial charge in [0.05, 0.1) is 12.7 Å². The molecular formula is C24H26F2N4O2. The first-order chi connectivity index (χ1) is 15.5. The first-order valence-corrected chi connectivity index (χ1v) is 10.9. The van der Waals surface area contributed by atoms with Crippen LogP contribution in [0.4, 0.5) is 8.78 Å². The molecule has 1 unspecified atom stereocenters. The Morgan fingerprint density at radius 3 is 2.53 bits per heavy atom. The summed E-state index contributed by atoms with van der Waals surface area (Å²) in [6, 6.07) is 4.37. The zero-order valence-corrected chi connectivity index (χ0v) is 18.1. The summed E-state index contributed by atoms with van der Waals surface area (Å²) in [5.74, 6) is -0.879. The number of methoxy groups -OCH3 is 1. The largest absolute Gasteiger partial charge is 0.467 e. The van der Waals surface area contributed by atoms with Crippen molar-refractivity contribution in [2.45, 2.75) is 51.0 Å². The minimum Gasteiger partial charge on any atom is -0.467 e. The normalized spacial score (nSPS) is 19.5. The van der Waals surface area contributed by atoms with Crippen LogP contribution in [0.2, 0.25) is 0 Å². The fourth-order valence-electron chi connectivity index (χ4n) is 4.73. The third-order valence-corrected chi connectivity index (χ3v) is 6.41. The van der Waals surface area contributed by atoms with Crippen molar-refractivity contribution >= 4 is 16.8 Å². The predicted octanol–water partition coefficient (Wildman–Crippen LogP) is 4.79. The minimum absolute atomic E-state index is 0.0367. The van der Waals surface area contributed by atoms with Crippen LogP contribution in [-0.2, 0) is 0 Å². The topological polar surface area (TPSA) is 77.0 Å². The maximum Gasteiger partial charge on any atom is 0.316 e. The molecule has 0 bridgehead atoms. The number of carbonyl (C=O) groups excluding carboxylic acids is 1. The van der Waals surface area contributed by atoms with Crippen molar-refractivity contribution in [1.82, 2.24) is 20.3 Å². The Labute approximate surface area is 185 Å². The summed E-state index contributed by atoms with van der Waals surface area (Å²) >= 11 is 0. The monoisotopic (exact) mass is 440 g/mol. The second-order valence-corrected chi connectivity index (χ2v) is 8.24. The number of carbonyl (C=O) groups is 1. The number of ether oxygens (including phenoxy) is 1. The Kier molecular flexibility index (Phi) is 6.58. The second-order valence-electron chi connectivity index (χ2n) is 8.24. The molecule has 0 saturated heterocycles. The SMILES string of the molecule is CCC(NC(=O)c1cnc(OC)nc1)C1CCC(c2ccnc3c(F)cc(F)cc23)CC1. The zero-order chi connectivity index (χ0) is 22.7. The lowest BCUT2D eigenvalue weighted by molar-refractivity contribution is 0.0908. The maximum atomic E-state index is 14.2. The van der Waals surface area contributed by atoms with E-state index in [0.29, 0.717) is 16.9 Å². The molecule has 0 spiro atoms. The molecule has 1 saturated carbocycles. The lowest BCUT2D eigenvalue weighted by Gasteiger charge is -2.34. The number of halogens is 2. The number of rotatable bonds is 6. The smallest absolute Gasteiger partial charge is 0.316 e. The van der Waals surface area contributed by atoms with Gasteiger partial charge in [0.1, 0.15) is 11.3 Å². The van der Waals surface area contributed by atoms with Crippen molar-refractivity contribution in [3.63, 3.8) is 0 Å². The Morgan fingerprint density at radius 2 is 1.88 bits per heavy atom. The molecule has 0 radical (unpaired) electrons. The number of pyridine rings is 1. The van der Waals surface area contributed by atoms with Crippen LogP contribution in [0, 0.1) is 17.6 Å². The third kappa shape index (κ3) is 4.54. The highest BCUT2D eigenvalue weighted by Gasteiger charge is 2.29. The molecule has 1 fully saturated rings. The van der Waals surface area contributed by atoms with Gasteiger partial charge in [-0.25, -0.2) is 18.7 Å². The average Bonchev–Trinajstić information content (AvgIpc) is 2.82. The average molecular weight is 440 g/mol. The van der Waals surface area contributed by atoms with Crippen LogP contribution in [-0.4, -0.2) is 34.0 Å². The van der Waals surface area contributed by atoms with Crippen LogP contribution in [0.1, 0.15) is 60.9 Å². The third-order valence-electron chi connectivity index (χ3n) is 6.41. The van der Waals surface area contributed by atoms with Crippen LogP contribution >= 0.6 is 0 Å². The highest BCUT2D eigenvalue weighted by atomic mass is 19.1. The Hall–Kier alpha value is -3.16. The van der Waals surface area contributed by atoms with Crippen LogP contribution < -0.4 is 10.1 Å². The number of hydrogen-bond donors (Lipinski definition) is 1. The molecule has 1 amide bonds. The van der Waals surface area contributed by atoms with E-state index in [1.54, 1.807) is 6.20 Å². The van der Waals surface area contributed by atoms with Gasteiger partial charge in [-0.1, -0.05) is 6.92 Å². The molecule has 6 nitrogen and oxygen atoms in total. The first-order valence-electron chi connectivity index (χ1n) is 10.9. The molecule has 4 rings (SSSR count). The van der Waals surface area contributed by atoms with E-state index in [-0.39, 0.29) is 29.4 Å². The lowest BCUT2D eigenvalue weighted by atomic mass is 9.75. The number of nitrogens with zero attached hydrogens (tertiary/aromatic N) is 3. The minimum atomic E-state index is -0.633. The first kappa shape index (κ1) is 22.0. The van der Waals surface area contributed by atoms with Gasteiger partial charge in [-0.15, -0.1) is 0 Å². The Morgan fingerprint density at radius 1 is 1.16 bits per heavy atom. The van der Waals surface area contributed by atoms with E-state index in [1.807, 2.05) is 6.07 Å². The lowest BCUT2D eigenvalue weighted by Crippen LogP contribution is -2.41. The maximum absolute atomic E-state index is 14.2. The van der Waals surface area contributed by atoms with E-state index in [9.17, 15) is 13.6 Å². The van der Waals surface area contributed by atoms with Gasteiger partial charge < -0.3 is 10.1 Å². The summed E-state index contributed by atoms with van der Waals surface area (Å²) in [7, 11) is 1.47. The van der Waals surface area contributed by atoms with E-state index < -0.39 is 11.6 Å². The number of amides is 1. The summed E-state index contributed by atoms with van der Waals surface area (Å²) in [4.78, 5) is 24.7. The molecular weight excluding hydrogens is 414 g/mol. The molecule has 8 heteroatoms. The van der Waals surface area contributed by atoms with Gasteiger partial charge in [0.25, 0.3) is 5.91 Å². The van der Waals surface area contributed by atoms with E-state index in [2.05, 4.69) is 27.2 Å². The zero-order valence-electron chi connectivity index (χ0n) is 18.1. The summed E-state index contributed by atoms with van der Waals surface area (Å²) in [5.41, 5.74) is 1.55. The second kappa shape index (κ2) is 9.54. The van der Waals surface area contributed by atoms with Crippen LogP contribution in [0.25, 0.3) is 10.9 Å². The molecule has 32 heavy (non-hydrogen) atoms. The van der Waals surface area contributed by atoms with Crippen LogP contribution in [0.15, 0.2) is 36.8 Å². The molecule has 1 N–H and O–H groups in total. The van der Waals surface area contributed by atoms with Crippen molar-refractivity contribution in [2.75, 3.05) is 7.11 Å². The van der Waals surface area contributed by atoms with E-state index in [4.69, 9.17) is 4.74 Å². The molecule has 0 aliphatic heterocycles. The number of aromatic nitrogens is 3. The molecule has 1 aliphatic rings. The molecule has 2 aromatic heterocycles. The van der Waals surface area contributed by atoms with Crippen LogP contribution in [0.5, 0.6) is 6.01 Å². The number of nitrogens with one attached hydrogen (secondary N) is 1. The Balaban J connectivity index is 1.43. The van der Waals surface area contributed by atoms with Gasteiger partial charge in [-0.05, 0) is 61.6 Å². The molecule has 1 atom stereocenters. The standard InChI is InChI=1S/C24H26F2N4O2/c1-3-21(30-23(31)16-12-28-24(32-2)29-13-16)15-6-4-14(5-7-15)18-8-9-27-22-19(18)10-17(25)11-20(22)26/h8-15,21H,3-7H2,1-2H3,(H,30,31). The van der Waals surface area contributed by atoms with Gasteiger partial charge in [0, 0.05) is 36.1 Å². The number of benzene rings is 1. The fourth-order valence-corrected chi connectivity index (χ4v) is 4.73. The highest BCUT2D eigenvalue weighted by molar-refractivity contribution is 5.93. The number of fused-ring (bicyclic) bond motifs is 1. The molecule has 168 valence electrons. The predicted molar refractivity (Wildman–Crippen MR) is 116 cm³/mol. The highest BCUT2D eigenvalue weighted by Crippen LogP contribution is 2.40. The van der Waals surface area contributed by atoms with Crippen molar-refractivity contribution in [3.8, 4) is 6.01 Å². The summed E-state index contributed by atoms with van der Waals surface area (Å²) in [5, 5.41) is 3.67. The van der Waals surface area contributed by atoms with Gasteiger partial charge in [0.15, 0.2) is 5.82 Å². The molecule has 1 aliphatic carbocycles. The van der Waals surface area contributed by atoms with Crippen molar-refractivity contribution in [3.05, 3.63) is 59.6 Å². The summed E-state index contributed by atoms with van der Waals surface area (Å²) < 4.78 is 32.9. The van der Waals surface area contributed by atoms with E-state index in [0.717, 1.165) is 43.7 Å².